The summed E-state index contributed by atoms with van der Waals surface area (Å²) in [6, 6.07) is 19.3. The Bertz CT molecular complexity index is 974. The summed E-state index contributed by atoms with van der Waals surface area (Å²) in [4.78, 5) is 7.07. The molecule has 0 bridgehead atoms. The molecule has 0 aliphatic carbocycles. The van der Waals surface area contributed by atoms with Crippen molar-refractivity contribution in [3.05, 3.63) is 71.9 Å². The van der Waals surface area contributed by atoms with Crippen LogP contribution in [0, 0.1) is 0 Å². The third-order valence-electron chi connectivity index (χ3n) is 5.51. The van der Waals surface area contributed by atoms with Crippen LogP contribution in [0.3, 0.4) is 0 Å². The number of pyridine rings is 1. The normalized spacial score (nSPS) is 13.9. The SMILES string of the molecule is COc1cc(-c2ccccc2)c2c(c1)N(c1cc(C(C)(C)C)ccn1)CCC2. The first kappa shape index (κ1) is 18.5. The number of hydrogen-bond donors (Lipinski definition) is 0. The van der Waals surface area contributed by atoms with Gasteiger partial charge in [-0.05, 0) is 58.7 Å². The lowest BCUT2D eigenvalue weighted by Crippen LogP contribution is -2.26. The van der Waals surface area contributed by atoms with Crippen LogP contribution in [0.15, 0.2) is 60.8 Å². The van der Waals surface area contributed by atoms with Crippen LogP contribution >= 0.6 is 0 Å². The summed E-state index contributed by atoms with van der Waals surface area (Å²) in [5, 5.41) is 0. The molecule has 1 aliphatic rings. The predicted octanol–water partition coefficient (Wildman–Crippen LogP) is 6.14. The summed E-state index contributed by atoms with van der Waals surface area (Å²) < 4.78 is 5.66. The van der Waals surface area contributed by atoms with Gasteiger partial charge < -0.3 is 9.64 Å². The van der Waals surface area contributed by atoms with E-state index in [-0.39, 0.29) is 5.41 Å². The minimum atomic E-state index is 0.0971. The van der Waals surface area contributed by atoms with Gasteiger partial charge in [-0.15, -0.1) is 0 Å². The molecule has 3 nitrogen and oxygen atoms in total. The molecule has 144 valence electrons. The summed E-state index contributed by atoms with van der Waals surface area (Å²) in [5.41, 5.74) is 6.47. The number of ether oxygens (including phenoxy) is 1. The summed E-state index contributed by atoms with van der Waals surface area (Å²) >= 11 is 0. The highest BCUT2D eigenvalue weighted by Crippen LogP contribution is 2.42. The molecule has 0 fully saturated rings. The molecule has 0 saturated heterocycles. The summed E-state index contributed by atoms with van der Waals surface area (Å²) in [7, 11) is 1.74. The van der Waals surface area contributed by atoms with Gasteiger partial charge in [0.1, 0.15) is 11.6 Å². The van der Waals surface area contributed by atoms with Crippen LogP contribution in [0.25, 0.3) is 11.1 Å². The molecule has 0 amide bonds. The second kappa shape index (κ2) is 7.31. The van der Waals surface area contributed by atoms with Crippen molar-refractivity contribution in [3.8, 4) is 16.9 Å². The second-order valence-electron chi connectivity index (χ2n) is 8.45. The fourth-order valence-corrected chi connectivity index (χ4v) is 3.93. The smallest absolute Gasteiger partial charge is 0.133 e. The summed E-state index contributed by atoms with van der Waals surface area (Å²) in [5.74, 6) is 1.90. The second-order valence-corrected chi connectivity index (χ2v) is 8.45. The molecule has 0 saturated carbocycles. The van der Waals surface area contributed by atoms with E-state index >= 15 is 0 Å². The number of nitrogens with zero attached hydrogens (tertiary/aromatic N) is 2. The predicted molar refractivity (Wildman–Crippen MR) is 117 cm³/mol. The van der Waals surface area contributed by atoms with Crippen molar-refractivity contribution in [1.82, 2.24) is 4.98 Å². The van der Waals surface area contributed by atoms with Gasteiger partial charge in [0.15, 0.2) is 0 Å². The van der Waals surface area contributed by atoms with E-state index in [9.17, 15) is 0 Å². The molecule has 28 heavy (non-hydrogen) atoms. The van der Waals surface area contributed by atoms with Crippen LogP contribution in [0.5, 0.6) is 5.75 Å². The Morgan fingerprint density at radius 3 is 2.50 bits per heavy atom. The maximum atomic E-state index is 5.66. The van der Waals surface area contributed by atoms with E-state index in [0.29, 0.717) is 0 Å². The zero-order chi connectivity index (χ0) is 19.7. The lowest BCUT2D eigenvalue weighted by Gasteiger charge is -2.33. The Morgan fingerprint density at radius 1 is 1.00 bits per heavy atom. The van der Waals surface area contributed by atoms with E-state index in [2.05, 4.69) is 80.3 Å². The van der Waals surface area contributed by atoms with Gasteiger partial charge in [-0.25, -0.2) is 4.98 Å². The largest absolute Gasteiger partial charge is 0.497 e. The fourth-order valence-electron chi connectivity index (χ4n) is 3.93. The molecule has 3 aromatic rings. The maximum absolute atomic E-state index is 5.66. The van der Waals surface area contributed by atoms with Crippen molar-refractivity contribution >= 4 is 11.5 Å². The number of hydrogen-bond acceptors (Lipinski definition) is 3. The highest BCUT2D eigenvalue weighted by Gasteiger charge is 2.24. The van der Waals surface area contributed by atoms with Crippen molar-refractivity contribution in [2.45, 2.75) is 39.0 Å². The average Bonchev–Trinajstić information content (AvgIpc) is 2.72. The van der Waals surface area contributed by atoms with E-state index < -0.39 is 0 Å². The molecule has 0 radical (unpaired) electrons. The lowest BCUT2D eigenvalue weighted by atomic mass is 9.87. The Labute approximate surface area is 168 Å². The number of benzene rings is 2. The van der Waals surface area contributed by atoms with Crippen LogP contribution in [0.4, 0.5) is 11.5 Å². The first-order chi connectivity index (χ1) is 13.5. The third-order valence-corrected chi connectivity index (χ3v) is 5.51. The van der Waals surface area contributed by atoms with Crippen molar-refractivity contribution in [2.24, 2.45) is 0 Å². The molecular formula is C25H28N2O. The van der Waals surface area contributed by atoms with Gasteiger partial charge in [0.25, 0.3) is 0 Å². The highest BCUT2D eigenvalue weighted by atomic mass is 16.5. The Morgan fingerprint density at radius 2 is 1.79 bits per heavy atom. The minimum absolute atomic E-state index is 0.0971. The zero-order valence-electron chi connectivity index (χ0n) is 17.2. The molecule has 3 heteroatoms. The number of rotatable bonds is 3. The van der Waals surface area contributed by atoms with E-state index in [4.69, 9.17) is 9.72 Å². The Hall–Kier alpha value is -2.81. The molecular weight excluding hydrogens is 344 g/mol. The molecule has 0 N–H and O–H groups in total. The number of aromatic nitrogens is 1. The summed E-state index contributed by atoms with van der Waals surface area (Å²) in [6.45, 7) is 7.70. The molecule has 4 rings (SSSR count). The topological polar surface area (TPSA) is 25.4 Å². The quantitative estimate of drug-likeness (QED) is 0.552. The van der Waals surface area contributed by atoms with Crippen molar-refractivity contribution in [2.75, 3.05) is 18.6 Å². The first-order valence-corrected chi connectivity index (χ1v) is 9.98. The van der Waals surface area contributed by atoms with Crippen LogP contribution in [0.1, 0.15) is 38.3 Å². The molecule has 0 atom stereocenters. The van der Waals surface area contributed by atoms with Gasteiger partial charge >= 0.3 is 0 Å². The van der Waals surface area contributed by atoms with Crippen molar-refractivity contribution in [1.29, 1.82) is 0 Å². The van der Waals surface area contributed by atoms with Gasteiger partial charge in [0.05, 0.1) is 7.11 Å². The number of anilines is 2. The van der Waals surface area contributed by atoms with E-state index in [1.807, 2.05) is 6.20 Å². The highest BCUT2D eigenvalue weighted by molar-refractivity contribution is 5.80. The van der Waals surface area contributed by atoms with Crippen LogP contribution in [0.2, 0.25) is 0 Å². The van der Waals surface area contributed by atoms with Gasteiger partial charge in [-0.3, -0.25) is 0 Å². The van der Waals surface area contributed by atoms with E-state index in [1.165, 1.54) is 27.9 Å². The molecule has 2 aromatic carbocycles. The standard InChI is InChI=1S/C25H28N2O/c1-25(2,3)19-12-13-26-24(15-19)27-14-8-11-21-22(18-9-6-5-7-10-18)16-20(28-4)17-23(21)27/h5-7,9-10,12-13,15-17H,8,11,14H2,1-4H3. The van der Waals surface area contributed by atoms with E-state index in [0.717, 1.165) is 31.0 Å². The molecule has 0 spiro atoms. The number of methoxy groups -OCH3 is 1. The Balaban J connectivity index is 1.86. The first-order valence-electron chi connectivity index (χ1n) is 9.98. The number of fused-ring (bicyclic) bond motifs is 1. The minimum Gasteiger partial charge on any atom is -0.497 e. The van der Waals surface area contributed by atoms with Crippen LogP contribution in [-0.4, -0.2) is 18.6 Å². The maximum Gasteiger partial charge on any atom is 0.133 e. The molecule has 0 unspecified atom stereocenters. The van der Waals surface area contributed by atoms with Crippen LogP contribution in [-0.2, 0) is 11.8 Å². The fraction of sp³-hybridized carbons (Fsp3) is 0.320. The Kier molecular flexibility index (Phi) is 4.84. The molecule has 1 aliphatic heterocycles. The molecule has 2 heterocycles. The van der Waals surface area contributed by atoms with Gasteiger partial charge in [-0.2, -0.15) is 0 Å². The zero-order valence-corrected chi connectivity index (χ0v) is 17.2. The average molecular weight is 373 g/mol. The summed E-state index contributed by atoms with van der Waals surface area (Å²) in [6.07, 6.45) is 4.11. The van der Waals surface area contributed by atoms with Gasteiger partial charge in [-0.1, -0.05) is 51.1 Å². The van der Waals surface area contributed by atoms with Crippen LogP contribution < -0.4 is 9.64 Å². The monoisotopic (exact) mass is 372 g/mol. The van der Waals surface area contributed by atoms with E-state index in [1.54, 1.807) is 7.11 Å². The lowest BCUT2D eigenvalue weighted by molar-refractivity contribution is 0.414. The van der Waals surface area contributed by atoms with Crippen molar-refractivity contribution < 1.29 is 4.74 Å². The van der Waals surface area contributed by atoms with Gasteiger partial charge in [0, 0.05) is 24.5 Å². The third kappa shape index (κ3) is 3.49. The van der Waals surface area contributed by atoms with Crippen molar-refractivity contribution in [3.63, 3.8) is 0 Å². The molecule has 1 aromatic heterocycles. The van der Waals surface area contributed by atoms with Gasteiger partial charge in [0.2, 0.25) is 0 Å².